The standard InChI is InChI=1S/C16H14ClNO5S2/c1-9(2)11-7-12-15(8-14(11)25(17,22)23)24(20,21)13-6-4-3-5-10(13)16(19)18-12/h3-9H,1-2H3,(H,18,19). The van der Waals surface area contributed by atoms with Gasteiger partial charge < -0.3 is 5.32 Å². The fourth-order valence-electron chi connectivity index (χ4n) is 2.76. The highest BCUT2D eigenvalue weighted by Gasteiger charge is 2.33. The summed E-state index contributed by atoms with van der Waals surface area (Å²) in [5.41, 5.74) is 0.365. The van der Waals surface area contributed by atoms with E-state index in [1.165, 1.54) is 24.3 Å². The highest BCUT2D eigenvalue weighted by atomic mass is 35.7. The van der Waals surface area contributed by atoms with E-state index in [1.807, 2.05) is 0 Å². The first-order chi connectivity index (χ1) is 11.5. The molecule has 2 aromatic rings. The molecule has 3 rings (SSSR count). The smallest absolute Gasteiger partial charge is 0.261 e. The summed E-state index contributed by atoms with van der Waals surface area (Å²) in [5, 5.41) is 2.55. The van der Waals surface area contributed by atoms with E-state index in [2.05, 4.69) is 5.32 Å². The minimum absolute atomic E-state index is 0.0000718. The van der Waals surface area contributed by atoms with Gasteiger partial charge in [-0.25, -0.2) is 16.8 Å². The first-order valence-corrected chi connectivity index (χ1v) is 11.1. The summed E-state index contributed by atoms with van der Waals surface area (Å²) in [6.45, 7) is 3.49. The van der Waals surface area contributed by atoms with E-state index in [0.717, 1.165) is 6.07 Å². The number of hydrogen-bond acceptors (Lipinski definition) is 5. The summed E-state index contributed by atoms with van der Waals surface area (Å²) in [6.07, 6.45) is 0. The van der Waals surface area contributed by atoms with E-state index in [0.29, 0.717) is 5.56 Å². The van der Waals surface area contributed by atoms with Crippen LogP contribution in [-0.2, 0) is 18.9 Å². The molecule has 0 bridgehead atoms. The van der Waals surface area contributed by atoms with Gasteiger partial charge in [-0.2, -0.15) is 0 Å². The largest absolute Gasteiger partial charge is 0.321 e. The number of sulfone groups is 1. The van der Waals surface area contributed by atoms with Gasteiger partial charge in [-0.05, 0) is 35.7 Å². The Morgan fingerprint density at radius 3 is 2.32 bits per heavy atom. The van der Waals surface area contributed by atoms with Gasteiger partial charge in [-0.15, -0.1) is 0 Å². The molecule has 0 spiro atoms. The molecule has 6 nitrogen and oxygen atoms in total. The number of carbonyl (C=O) groups excluding carboxylic acids is 1. The SMILES string of the molecule is CC(C)c1cc2c(cc1S(=O)(=O)Cl)S(=O)(=O)c1ccccc1C(=O)N2. The highest BCUT2D eigenvalue weighted by Crippen LogP contribution is 2.39. The number of hydrogen-bond donors (Lipinski definition) is 1. The zero-order valence-electron chi connectivity index (χ0n) is 13.3. The molecule has 0 aliphatic carbocycles. The van der Waals surface area contributed by atoms with E-state index in [-0.39, 0.29) is 31.9 Å². The van der Waals surface area contributed by atoms with E-state index < -0.39 is 24.8 Å². The summed E-state index contributed by atoms with van der Waals surface area (Å²) in [6, 6.07) is 8.14. The Balaban J connectivity index is 2.44. The number of benzene rings is 2. The minimum Gasteiger partial charge on any atom is -0.321 e. The van der Waals surface area contributed by atoms with Crippen LogP contribution in [0.1, 0.15) is 35.7 Å². The molecule has 2 aromatic carbocycles. The van der Waals surface area contributed by atoms with Crippen molar-refractivity contribution in [1.29, 1.82) is 0 Å². The number of nitrogens with one attached hydrogen (secondary N) is 1. The lowest BCUT2D eigenvalue weighted by Crippen LogP contribution is -2.12. The maximum atomic E-state index is 13.0. The van der Waals surface area contributed by atoms with Crippen LogP contribution in [0.2, 0.25) is 0 Å². The van der Waals surface area contributed by atoms with E-state index in [9.17, 15) is 21.6 Å². The molecular formula is C16H14ClNO5S2. The molecule has 0 saturated heterocycles. The van der Waals surface area contributed by atoms with E-state index in [1.54, 1.807) is 19.9 Å². The number of halogens is 1. The predicted octanol–water partition coefficient (Wildman–Crippen LogP) is 3.14. The molecule has 1 amide bonds. The number of carbonyl (C=O) groups is 1. The van der Waals surface area contributed by atoms with Crippen LogP contribution in [0.5, 0.6) is 0 Å². The summed E-state index contributed by atoms with van der Waals surface area (Å²) in [5.74, 6) is -0.826. The van der Waals surface area contributed by atoms with E-state index in [4.69, 9.17) is 10.7 Å². The molecule has 1 aliphatic rings. The van der Waals surface area contributed by atoms with Crippen molar-refractivity contribution in [2.45, 2.75) is 34.5 Å². The van der Waals surface area contributed by atoms with Gasteiger partial charge in [0.2, 0.25) is 9.84 Å². The van der Waals surface area contributed by atoms with E-state index >= 15 is 0 Å². The van der Waals surface area contributed by atoms with Gasteiger partial charge >= 0.3 is 0 Å². The van der Waals surface area contributed by atoms with Crippen LogP contribution in [0.4, 0.5) is 5.69 Å². The van der Waals surface area contributed by atoms with Crippen molar-refractivity contribution >= 4 is 41.2 Å². The number of rotatable bonds is 2. The summed E-state index contributed by atoms with van der Waals surface area (Å²) in [4.78, 5) is 11.6. The Morgan fingerprint density at radius 2 is 1.72 bits per heavy atom. The fraction of sp³-hybridized carbons (Fsp3) is 0.188. The molecule has 25 heavy (non-hydrogen) atoms. The van der Waals surface area contributed by atoms with Gasteiger partial charge in [-0.3, -0.25) is 4.79 Å². The molecule has 1 N–H and O–H groups in total. The first-order valence-electron chi connectivity index (χ1n) is 7.31. The molecule has 132 valence electrons. The third-order valence-electron chi connectivity index (χ3n) is 3.96. The summed E-state index contributed by atoms with van der Waals surface area (Å²) >= 11 is 0. The van der Waals surface area contributed by atoms with Crippen molar-refractivity contribution in [1.82, 2.24) is 0 Å². The van der Waals surface area contributed by atoms with Crippen LogP contribution < -0.4 is 5.32 Å². The van der Waals surface area contributed by atoms with Crippen molar-refractivity contribution in [3.05, 3.63) is 47.5 Å². The fourth-order valence-corrected chi connectivity index (χ4v) is 5.68. The van der Waals surface area contributed by atoms with Crippen molar-refractivity contribution in [3.63, 3.8) is 0 Å². The van der Waals surface area contributed by atoms with Gasteiger partial charge in [0, 0.05) is 10.7 Å². The molecular weight excluding hydrogens is 386 g/mol. The lowest BCUT2D eigenvalue weighted by atomic mass is 10.0. The molecule has 0 atom stereocenters. The Morgan fingerprint density at radius 1 is 1.08 bits per heavy atom. The molecule has 0 aromatic heterocycles. The molecule has 0 saturated carbocycles. The second kappa shape index (κ2) is 5.82. The van der Waals surface area contributed by atoms with Crippen molar-refractivity contribution < 1.29 is 21.6 Å². The van der Waals surface area contributed by atoms with Crippen molar-refractivity contribution in [2.24, 2.45) is 0 Å². The average Bonchev–Trinajstić information content (AvgIpc) is 2.60. The quantitative estimate of drug-likeness (QED) is 0.782. The van der Waals surface area contributed by atoms with Gasteiger partial charge in [0.05, 0.1) is 25.9 Å². The van der Waals surface area contributed by atoms with Crippen LogP contribution in [-0.4, -0.2) is 22.7 Å². The molecule has 0 fully saturated rings. The Kier molecular flexibility index (Phi) is 4.17. The van der Waals surface area contributed by atoms with Crippen molar-refractivity contribution in [3.8, 4) is 0 Å². The summed E-state index contributed by atoms with van der Waals surface area (Å²) in [7, 11) is -2.77. The molecule has 9 heteroatoms. The minimum atomic E-state index is -4.17. The second-order valence-electron chi connectivity index (χ2n) is 5.93. The highest BCUT2D eigenvalue weighted by molar-refractivity contribution is 8.13. The molecule has 1 aliphatic heterocycles. The molecule has 0 radical (unpaired) electrons. The van der Waals surface area contributed by atoms with Crippen LogP contribution in [0.3, 0.4) is 0 Å². The van der Waals surface area contributed by atoms with Gasteiger partial charge in [0.1, 0.15) is 0 Å². The third-order valence-corrected chi connectivity index (χ3v) is 7.19. The van der Waals surface area contributed by atoms with Gasteiger partial charge in [-0.1, -0.05) is 26.0 Å². The zero-order chi connectivity index (χ0) is 18.6. The second-order valence-corrected chi connectivity index (χ2v) is 10.4. The third kappa shape index (κ3) is 2.94. The molecule has 1 heterocycles. The summed E-state index contributed by atoms with van der Waals surface area (Å²) < 4.78 is 49.9. The normalized spacial score (nSPS) is 15.9. The van der Waals surface area contributed by atoms with Crippen LogP contribution in [0.25, 0.3) is 0 Å². The van der Waals surface area contributed by atoms with Crippen molar-refractivity contribution in [2.75, 3.05) is 5.32 Å². The Labute approximate surface area is 150 Å². The van der Waals surface area contributed by atoms with Crippen LogP contribution in [0, 0.1) is 0 Å². The zero-order valence-corrected chi connectivity index (χ0v) is 15.7. The number of anilines is 1. The van der Waals surface area contributed by atoms with Crippen LogP contribution in [0.15, 0.2) is 51.1 Å². The number of amides is 1. The lowest BCUT2D eigenvalue weighted by Gasteiger charge is -2.15. The molecule has 0 unspecified atom stereocenters. The van der Waals surface area contributed by atoms with Crippen LogP contribution >= 0.6 is 10.7 Å². The Hall–Kier alpha value is -1.90. The van der Waals surface area contributed by atoms with Gasteiger partial charge in [0.15, 0.2) is 0 Å². The monoisotopic (exact) mass is 399 g/mol. The number of fused-ring (bicyclic) bond motifs is 2. The maximum absolute atomic E-state index is 13.0. The topological polar surface area (TPSA) is 97.4 Å². The van der Waals surface area contributed by atoms with Gasteiger partial charge in [0.25, 0.3) is 15.0 Å². The predicted molar refractivity (Wildman–Crippen MR) is 93.4 cm³/mol. The first kappa shape index (κ1) is 17.9. The average molecular weight is 400 g/mol. The Bertz CT molecular complexity index is 1110. The lowest BCUT2D eigenvalue weighted by molar-refractivity contribution is 0.102. The maximum Gasteiger partial charge on any atom is 0.261 e.